The summed E-state index contributed by atoms with van der Waals surface area (Å²) in [7, 11) is -1.64. The summed E-state index contributed by atoms with van der Waals surface area (Å²) in [6.07, 6.45) is 0. The molecule has 51 heavy (non-hydrogen) atoms. The Hall–Kier alpha value is -6.16. The highest BCUT2D eigenvalue weighted by Gasteiger charge is 2.37. The van der Waals surface area contributed by atoms with Crippen LogP contribution in [-0.4, -0.2) is 18.0 Å². The first-order valence-corrected chi connectivity index (χ1v) is 20.6. The predicted octanol–water partition coefficient (Wildman–Crippen LogP) is 11.3. The molecule has 0 atom stereocenters. The van der Waals surface area contributed by atoms with E-state index in [1.807, 2.05) is 36.4 Å². The van der Waals surface area contributed by atoms with E-state index in [1.54, 1.807) is 10.4 Å². The van der Waals surface area contributed by atoms with Gasteiger partial charge in [0, 0.05) is 16.7 Å². The van der Waals surface area contributed by atoms with E-state index < -0.39 is 8.07 Å². The molecule has 0 spiro atoms. The van der Waals surface area contributed by atoms with Crippen LogP contribution >= 0.6 is 0 Å². The van der Waals surface area contributed by atoms with Crippen molar-refractivity contribution < 1.29 is 0 Å². The summed E-state index contributed by atoms with van der Waals surface area (Å²) < 4.78 is 0. The molecule has 1 aliphatic heterocycles. The Labute approximate surface area is 300 Å². The van der Waals surface area contributed by atoms with E-state index in [0.29, 0.717) is 0 Å². The Balaban J connectivity index is 0.956. The molecule has 0 saturated heterocycles. The molecule has 0 amide bonds. The Kier molecular flexibility index (Phi) is 7.64. The monoisotopic (exact) mass is 668 g/mol. The molecule has 242 valence electrons. The van der Waals surface area contributed by atoms with Crippen molar-refractivity contribution in [3.63, 3.8) is 0 Å². The summed E-state index contributed by atoms with van der Waals surface area (Å²) in [4.78, 5) is 9.99. The highest BCUT2D eigenvalue weighted by molar-refractivity contribution is 7.03. The van der Waals surface area contributed by atoms with Gasteiger partial charge in [-0.25, -0.2) is 9.97 Å². The van der Waals surface area contributed by atoms with Crippen molar-refractivity contribution in [3.05, 3.63) is 182 Å². The summed E-state index contributed by atoms with van der Waals surface area (Å²) in [6, 6.07) is 65.2. The Morgan fingerprint density at radius 2 is 0.706 bits per heavy atom. The van der Waals surface area contributed by atoms with E-state index in [0.717, 1.165) is 39.5 Å². The third-order valence-corrected chi connectivity index (χ3v) is 13.9. The third-order valence-electron chi connectivity index (χ3n) is 10.4. The maximum atomic E-state index is 4.99. The van der Waals surface area contributed by atoms with Crippen LogP contribution in [0.2, 0.25) is 13.1 Å². The van der Waals surface area contributed by atoms with Crippen molar-refractivity contribution in [1.29, 1.82) is 0 Å². The van der Waals surface area contributed by atoms with Crippen LogP contribution in [0, 0.1) is 0 Å². The van der Waals surface area contributed by atoms with E-state index in [9.17, 15) is 0 Å². The number of fused-ring (bicyclic) bond motifs is 3. The van der Waals surface area contributed by atoms with Crippen LogP contribution in [0.4, 0.5) is 0 Å². The summed E-state index contributed by atoms with van der Waals surface area (Å²) in [5, 5.41) is 3.09. The van der Waals surface area contributed by atoms with Gasteiger partial charge in [-0.05, 0) is 67.0 Å². The number of benzene rings is 7. The Morgan fingerprint density at radius 1 is 0.314 bits per heavy atom. The molecule has 0 unspecified atom stereocenters. The molecular weight excluding hydrogens is 633 g/mol. The molecule has 3 heteroatoms. The molecule has 0 saturated carbocycles. The fourth-order valence-electron chi connectivity index (χ4n) is 7.51. The van der Waals surface area contributed by atoms with E-state index in [-0.39, 0.29) is 0 Å². The second-order valence-corrected chi connectivity index (χ2v) is 18.2. The number of hydrogen-bond donors (Lipinski definition) is 0. The van der Waals surface area contributed by atoms with Crippen LogP contribution in [-0.2, 0) is 0 Å². The number of nitrogens with zero attached hydrogens (tertiary/aromatic N) is 2. The van der Waals surface area contributed by atoms with Gasteiger partial charge in [-0.2, -0.15) is 0 Å². The normalized spacial score (nSPS) is 12.7. The maximum Gasteiger partial charge on any atom is 0.160 e. The second kappa shape index (κ2) is 12.6. The molecule has 9 rings (SSSR count). The minimum atomic E-state index is -1.64. The zero-order valence-electron chi connectivity index (χ0n) is 28.7. The van der Waals surface area contributed by atoms with Gasteiger partial charge in [0.2, 0.25) is 0 Å². The molecular formula is C48H36N2Si. The molecule has 7 aromatic carbocycles. The number of rotatable bonds is 6. The average Bonchev–Trinajstić information content (AvgIpc) is 3.44. The predicted molar refractivity (Wildman–Crippen MR) is 217 cm³/mol. The summed E-state index contributed by atoms with van der Waals surface area (Å²) in [5.41, 5.74) is 15.1. The Morgan fingerprint density at radius 3 is 1.22 bits per heavy atom. The highest BCUT2D eigenvalue weighted by atomic mass is 28.3. The van der Waals surface area contributed by atoms with Gasteiger partial charge in [0.1, 0.15) is 8.07 Å². The van der Waals surface area contributed by atoms with E-state index >= 15 is 0 Å². The molecule has 0 bridgehead atoms. The quantitative estimate of drug-likeness (QED) is 0.165. The van der Waals surface area contributed by atoms with E-state index in [2.05, 4.69) is 159 Å². The van der Waals surface area contributed by atoms with Gasteiger partial charge in [0.25, 0.3) is 0 Å². The fourth-order valence-corrected chi connectivity index (χ4v) is 10.6. The smallest absolute Gasteiger partial charge is 0.160 e. The third kappa shape index (κ3) is 5.72. The van der Waals surface area contributed by atoms with Crippen LogP contribution in [0.15, 0.2) is 182 Å². The number of hydrogen-bond acceptors (Lipinski definition) is 2. The summed E-state index contributed by atoms with van der Waals surface area (Å²) >= 11 is 0. The van der Waals surface area contributed by atoms with Crippen molar-refractivity contribution in [2.75, 3.05) is 0 Å². The van der Waals surface area contributed by atoms with Crippen LogP contribution in [0.3, 0.4) is 0 Å². The molecule has 2 heterocycles. The van der Waals surface area contributed by atoms with E-state index in [1.165, 1.54) is 38.9 Å². The number of aromatic nitrogens is 2. The van der Waals surface area contributed by atoms with Crippen LogP contribution in [0.5, 0.6) is 0 Å². The van der Waals surface area contributed by atoms with Crippen molar-refractivity contribution >= 4 is 18.4 Å². The molecule has 0 radical (unpaired) electrons. The zero-order valence-corrected chi connectivity index (χ0v) is 29.7. The summed E-state index contributed by atoms with van der Waals surface area (Å²) in [5.74, 6) is 0.718. The maximum absolute atomic E-state index is 4.99. The second-order valence-electron chi connectivity index (χ2n) is 13.9. The molecule has 1 aromatic heterocycles. The first-order valence-electron chi connectivity index (χ1n) is 17.6. The van der Waals surface area contributed by atoms with Crippen LogP contribution < -0.4 is 10.4 Å². The fraction of sp³-hybridized carbons (Fsp3) is 0.0417. The molecule has 8 aromatic rings. The van der Waals surface area contributed by atoms with Gasteiger partial charge in [-0.1, -0.05) is 183 Å². The zero-order chi connectivity index (χ0) is 34.4. The first kappa shape index (κ1) is 30.9. The molecule has 2 nitrogen and oxygen atoms in total. The van der Waals surface area contributed by atoms with Crippen LogP contribution in [0.25, 0.3) is 78.4 Å². The molecule has 0 aliphatic carbocycles. The van der Waals surface area contributed by atoms with Crippen molar-refractivity contribution in [2.45, 2.75) is 13.1 Å². The standard InChI is InChI=1S/C48H36N2Si/c1-51(2)46-16-10-9-15-42(46)43-31-41(29-30-47(43)51)37-23-21-35(22-24-37)33-17-19-34(20-18-33)36-25-27-40(28-26-36)48-49-44(38-11-5-3-6-12-38)32-45(50-48)39-13-7-4-8-14-39/h3-32H,1-2H3. The largest absolute Gasteiger partial charge is 0.228 e. The van der Waals surface area contributed by atoms with Gasteiger partial charge >= 0.3 is 0 Å². The van der Waals surface area contributed by atoms with E-state index in [4.69, 9.17) is 9.97 Å². The Bertz CT molecular complexity index is 2450. The highest BCUT2D eigenvalue weighted by Crippen LogP contribution is 2.34. The minimum absolute atomic E-state index is 0.718. The van der Waals surface area contributed by atoms with Gasteiger partial charge in [0.15, 0.2) is 5.82 Å². The minimum Gasteiger partial charge on any atom is -0.228 e. The lowest BCUT2D eigenvalue weighted by molar-refractivity contribution is 1.18. The summed E-state index contributed by atoms with van der Waals surface area (Å²) in [6.45, 7) is 4.93. The van der Waals surface area contributed by atoms with Crippen molar-refractivity contribution in [3.8, 4) is 78.4 Å². The topological polar surface area (TPSA) is 25.8 Å². The van der Waals surface area contributed by atoms with Crippen molar-refractivity contribution in [2.24, 2.45) is 0 Å². The molecule has 0 N–H and O–H groups in total. The SMILES string of the molecule is C[Si]1(C)c2ccccc2-c2cc(-c3ccc(-c4ccc(-c5ccc(-c6nc(-c7ccccc7)cc(-c7ccccc7)n6)cc5)cc4)cc3)ccc21. The average molecular weight is 669 g/mol. The van der Waals surface area contributed by atoms with Gasteiger partial charge < -0.3 is 0 Å². The van der Waals surface area contributed by atoms with Gasteiger partial charge in [-0.3, -0.25) is 0 Å². The molecule has 1 aliphatic rings. The van der Waals surface area contributed by atoms with Crippen molar-refractivity contribution in [1.82, 2.24) is 9.97 Å². The molecule has 0 fully saturated rings. The van der Waals surface area contributed by atoms with Crippen LogP contribution in [0.1, 0.15) is 0 Å². The van der Waals surface area contributed by atoms with Gasteiger partial charge in [-0.15, -0.1) is 0 Å². The first-order chi connectivity index (χ1) is 25.0. The lowest BCUT2D eigenvalue weighted by Crippen LogP contribution is -2.49. The lowest BCUT2D eigenvalue weighted by Gasteiger charge is -2.18. The lowest BCUT2D eigenvalue weighted by atomic mass is 9.96. The van der Waals surface area contributed by atoms with Gasteiger partial charge in [0.05, 0.1) is 11.4 Å².